The molecule has 1 aliphatic heterocycles. The van der Waals surface area contributed by atoms with E-state index in [0.717, 1.165) is 68.0 Å². The second-order valence-electron chi connectivity index (χ2n) is 10.8. The third-order valence-electron chi connectivity index (χ3n) is 8.20. The second-order valence-corrected chi connectivity index (χ2v) is 11.3. The molecule has 2 aromatic heterocycles. The number of pyridine rings is 1. The van der Waals surface area contributed by atoms with Crippen molar-refractivity contribution in [3.05, 3.63) is 86.4 Å². The monoisotopic (exact) mass is 546 g/mol. The molecule has 0 bridgehead atoms. The van der Waals surface area contributed by atoms with Crippen molar-refractivity contribution < 1.29 is 4.74 Å². The van der Waals surface area contributed by atoms with E-state index in [2.05, 4.69) is 44.5 Å². The highest BCUT2D eigenvalue weighted by molar-refractivity contribution is 6.30. The summed E-state index contributed by atoms with van der Waals surface area (Å²) in [5, 5.41) is 14.9. The molecule has 0 spiro atoms. The number of nitrogens with one attached hydrogen (secondary N) is 1. The van der Waals surface area contributed by atoms with Crippen molar-refractivity contribution in [3.63, 3.8) is 0 Å². The number of halogens is 1. The molecule has 2 aliphatic rings. The van der Waals surface area contributed by atoms with Gasteiger partial charge >= 0.3 is 0 Å². The van der Waals surface area contributed by atoms with Crippen LogP contribution in [-0.4, -0.2) is 49.3 Å². The summed E-state index contributed by atoms with van der Waals surface area (Å²) in [5.41, 5.74) is 3.69. The molecule has 2 fully saturated rings. The zero-order valence-corrected chi connectivity index (χ0v) is 23.1. The van der Waals surface area contributed by atoms with Crippen LogP contribution < -0.4 is 5.56 Å². The molecule has 204 valence electrons. The molecule has 1 aliphatic carbocycles. The Morgan fingerprint density at radius 2 is 1.87 bits per heavy atom. The van der Waals surface area contributed by atoms with Crippen LogP contribution in [0.1, 0.15) is 80.0 Å². The van der Waals surface area contributed by atoms with E-state index in [1.54, 1.807) is 0 Å². The largest absolute Gasteiger partial charge is 0.377 e. The Labute approximate surface area is 233 Å². The molecule has 0 unspecified atom stereocenters. The molecule has 2 atom stereocenters. The van der Waals surface area contributed by atoms with E-state index in [4.69, 9.17) is 16.3 Å². The summed E-state index contributed by atoms with van der Waals surface area (Å²) < 4.78 is 8.08. The van der Waals surface area contributed by atoms with Crippen LogP contribution in [0.25, 0.3) is 10.9 Å². The smallest absolute Gasteiger partial charge is 0.253 e. The SMILES string of the molecule is CCc1ccc2[nH]c(=O)c([C@@H](c3nnnn3C3CCCC3)N(Cc3ccc(Cl)cc3)C[C@@H]3CCCO3)cc2c1. The number of aromatic amines is 1. The third-order valence-corrected chi connectivity index (χ3v) is 8.45. The maximum atomic E-state index is 13.8. The predicted octanol–water partition coefficient (Wildman–Crippen LogP) is 5.62. The number of hydrogen-bond donors (Lipinski definition) is 1. The van der Waals surface area contributed by atoms with E-state index < -0.39 is 6.04 Å². The summed E-state index contributed by atoms with van der Waals surface area (Å²) in [4.78, 5) is 19.3. The lowest BCUT2D eigenvalue weighted by Gasteiger charge is -2.33. The minimum absolute atomic E-state index is 0.0850. The average molecular weight is 547 g/mol. The number of H-pyrrole nitrogens is 1. The number of rotatable bonds is 9. The van der Waals surface area contributed by atoms with Crippen molar-refractivity contribution in [1.29, 1.82) is 0 Å². The maximum absolute atomic E-state index is 13.8. The first kappa shape index (κ1) is 26.2. The van der Waals surface area contributed by atoms with E-state index in [9.17, 15) is 4.79 Å². The highest BCUT2D eigenvalue weighted by atomic mass is 35.5. The summed E-state index contributed by atoms with van der Waals surface area (Å²) in [7, 11) is 0. The van der Waals surface area contributed by atoms with Gasteiger partial charge in [0.05, 0.1) is 12.1 Å². The highest BCUT2D eigenvalue weighted by Crippen LogP contribution is 2.35. The Kier molecular flexibility index (Phi) is 7.77. The molecule has 3 heterocycles. The van der Waals surface area contributed by atoms with Crippen LogP contribution in [0.5, 0.6) is 0 Å². The normalized spacial score (nSPS) is 18.9. The van der Waals surface area contributed by atoms with Crippen LogP contribution in [0, 0.1) is 0 Å². The molecule has 1 saturated heterocycles. The van der Waals surface area contributed by atoms with Gasteiger partial charge in [-0.2, -0.15) is 0 Å². The summed E-state index contributed by atoms with van der Waals surface area (Å²) in [6, 6.07) is 16.0. The number of hydrogen-bond acceptors (Lipinski definition) is 6. The fourth-order valence-electron chi connectivity index (χ4n) is 6.12. The number of aryl methyl sites for hydroxylation is 1. The number of aromatic nitrogens is 5. The number of fused-ring (bicyclic) bond motifs is 1. The van der Waals surface area contributed by atoms with Crippen LogP contribution in [0.3, 0.4) is 0 Å². The van der Waals surface area contributed by atoms with Crippen LogP contribution in [0.4, 0.5) is 0 Å². The predicted molar refractivity (Wildman–Crippen MR) is 152 cm³/mol. The molecule has 0 radical (unpaired) electrons. The van der Waals surface area contributed by atoms with E-state index in [1.807, 2.05) is 41.1 Å². The molecule has 1 saturated carbocycles. The van der Waals surface area contributed by atoms with E-state index in [-0.39, 0.29) is 17.7 Å². The average Bonchev–Trinajstić information content (AvgIpc) is 3.73. The van der Waals surface area contributed by atoms with Crippen LogP contribution in [-0.2, 0) is 17.7 Å². The van der Waals surface area contributed by atoms with E-state index in [1.165, 1.54) is 5.56 Å². The first-order chi connectivity index (χ1) is 19.1. The Morgan fingerprint density at radius 1 is 1.08 bits per heavy atom. The number of benzene rings is 2. The number of tetrazole rings is 1. The van der Waals surface area contributed by atoms with Crippen molar-refractivity contribution in [2.75, 3.05) is 13.2 Å². The molecule has 0 amide bonds. The molecular weight excluding hydrogens is 512 g/mol. The Morgan fingerprint density at radius 3 is 2.62 bits per heavy atom. The summed E-state index contributed by atoms with van der Waals surface area (Å²) in [6.07, 6.45) is 7.46. The van der Waals surface area contributed by atoms with Gasteiger partial charge in [-0.05, 0) is 89.4 Å². The van der Waals surface area contributed by atoms with Crippen molar-refractivity contribution in [1.82, 2.24) is 30.1 Å². The van der Waals surface area contributed by atoms with Crippen molar-refractivity contribution in [2.45, 2.75) is 76.6 Å². The van der Waals surface area contributed by atoms with E-state index >= 15 is 0 Å². The quantitative estimate of drug-likeness (QED) is 0.293. The van der Waals surface area contributed by atoms with Gasteiger partial charge in [-0.15, -0.1) is 5.10 Å². The van der Waals surface area contributed by atoms with Crippen LogP contribution in [0.15, 0.2) is 53.3 Å². The molecule has 2 aromatic carbocycles. The van der Waals surface area contributed by atoms with Gasteiger partial charge in [0, 0.05) is 35.8 Å². The van der Waals surface area contributed by atoms with Crippen molar-refractivity contribution in [3.8, 4) is 0 Å². The molecular formula is C30H35ClN6O2. The number of ether oxygens (including phenoxy) is 1. The molecule has 6 rings (SSSR count). The summed E-state index contributed by atoms with van der Waals surface area (Å²) in [6.45, 7) is 4.17. The highest BCUT2D eigenvalue weighted by Gasteiger charge is 2.35. The van der Waals surface area contributed by atoms with Crippen molar-refractivity contribution in [2.24, 2.45) is 0 Å². The lowest BCUT2D eigenvalue weighted by atomic mass is 10.00. The summed E-state index contributed by atoms with van der Waals surface area (Å²) >= 11 is 6.21. The molecule has 9 heteroatoms. The fourth-order valence-corrected chi connectivity index (χ4v) is 6.25. The third kappa shape index (κ3) is 5.64. The molecule has 4 aromatic rings. The van der Waals surface area contributed by atoms with Crippen LogP contribution in [0.2, 0.25) is 5.02 Å². The lowest BCUT2D eigenvalue weighted by Crippen LogP contribution is -2.39. The van der Waals surface area contributed by atoms with Gasteiger partial charge in [-0.25, -0.2) is 4.68 Å². The first-order valence-electron chi connectivity index (χ1n) is 14.1. The van der Waals surface area contributed by atoms with Crippen LogP contribution >= 0.6 is 11.6 Å². The standard InChI is InChI=1S/C30H35ClN6O2/c1-2-20-11-14-27-22(16-20)17-26(30(38)32-27)28(29-33-34-35-37(29)24-6-3-4-7-24)36(19-25-8-5-15-39-25)18-21-9-12-23(31)13-10-21/h9-14,16-17,24-25,28H,2-8,15,18-19H2,1H3,(H,32,38)/t25-,28-/m0/s1. The molecule has 8 nitrogen and oxygen atoms in total. The van der Waals surface area contributed by atoms with Gasteiger partial charge in [0.2, 0.25) is 0 Å². The lowest BCUT2D eigenvalue weighted by molar-refractivity contribution is 0.0569. The molecule has 39 heavy (non-hydrogen) atoms. The minimum atomic E-state index is -0.445. The summed E-state index contributed by atoms with van der Waals surface area (Å²) in [5.74, 6) is 0.713. The Bertz CT molecular complexity index is 1470. The van der Waals surface area contributed by atoms with Gasteiger partial charge in [0.1, 0.15) is 6.04 Å². The maximum Gasteiger partial charge on any atom is 0.253 e. The van der Waals surface area contributed by atoms with Gasteiger partial charge in [-0.3, -0.25) is 9.69 Å². The van der Waals surface area contributed by atoms with Gasteiger partial charge < -0.3 is 9.72 Å². The molecule has 1 N–H and O–H groups in total. The zero-order chi connectivity index (χ0) is 26.8. The Balaban J connectivity index is 1.50. The number of nitrogens with zero attached hydrogens (tertiary/aromatic N) is 5. The topological polar surface area (TPSA) is 88.9 Å². The Hall–Kier alpha value is -3.07. The minimum Gasteiger partial charge on any atom is -0.377 e. The van der Waals surface area contributed by atoms with Gasteiger partial charge in [0.25, 0.3) is 5.56 Å². The van der Waals surface area contributed by atoms with E-state index in [0.29, 0.717) is 29.5 Å². The first-order valence-corrected chi connectivity index (χ1v) is 14.5. The van der Waals surface area contributed by atoms with Gasteiger partial charge in [0.15, 0.2) is 5.82 Å². The zero-order valence-electron chi connectivity index (χ0n) is 22.4. The van der Waals surface area contributed by atoms with Gasteiger partial charge in [-0.1, -0.05) is 49.6 Å². The second kappa shape index (κ2) is 11.6. The van der Waals surface area contributed by atoms with Crippen molar-refractivity contribution >= 4 is 22.5 Å². The fraction of sp³-hybridized carbons (Fsp3) is 0.467.